The molecule has 0 rings (SSSR count). The predicted molar refractivity (Wildman–Crippen MR) is 56.4 cm³/mol. The number of carboxylic acid groups (broad SMARTS) is 1. The second kappa shape index (κ2) is 4.03. The minimum atomic E-state index is -2.67. The normalized spacial score (nSPS) is 16.4. The monoisotopic (exact) mass is 233 g/mol. The third-order valence-corrected chi connectivity index (χ3v) is 2.19. The Bertz CT molecular complexity index is 301. The lowest BCUT2D eigenvalue weighted by atomic mass is 9.81. The zero-order valence-corrected chi connectivity index (χ0v) is 10.2. The van der Waals surface area contributed by atoms with Crippen molar-refractivity contribution < 1.29 is 24.5 Å². The summed E-state index contributed by atoms with van der Waals surface area (Å²) in [6.07, 6.45) is 0. The highest BCUT2D eigenvalue weighted by Crippen LogP contribution is 2.30. The standard InChI is InChI=1S/C10H19NO5/c1-8(2,3)16-7(14)9(4,5)10(11,15)6(12)13/h15H,11H2,1-5H3,(H,12,13). The number of carboxylic acids is 1. The Morgan fingerprint density at radius 2 is 1.50 bits per heavy atom. The highest BCUT2D eigenvalue weighted by molar-refractivity contribution is 5.88. The molecule has 6 nitrogen and oxygen atoms in total. The fourth-order valence-corrected chi connectivity index (χ4v) is 0.829. The molecule has 0 fully saturated rings. The molecule has 0 aliphatic rings. The lowest BCUT2D eigenvalue weighted by Gasteiger charge is -2.35. The third-order valence-electron chi connectivity index (χ3n) is 2.19. The van der Waals surface area contributed by atoms with Crippen molar-refractivity contribution in [3.05, 3.63) is 0 Å². The minimum absolute atomic E-state index is 0.775. The zero-order valence-electron chi connectivity index (χ0n) is 10.2. The number of aliphatic carboxylic acids is 1. The van der Waals surface area contributed by atoms with Gasteiger partial charge in [0.1, 0.15) is 11.0 Å². The van der Waals surface area contributed by atoms with Crippen LogP contribution in [0.25, 0.3) is 0 Å². The van der Waals surface area contributed by atoms with Crippen molar-refractivity contribution in [1.29, 1.82) is 0 Å². The molecule has 6 heteroatoms. The number of rotatable bonds is 3. The van der Waals surface area contributed by atoms with Crippen LogP contribution in [0.1, 0.15) is 34.6 Å². The van der Waals surface area contributed by atoms with E-state index < -0.39 is 28.7 Å². The molecule has 0 aliphatic heterocycles. The molecule has 0 saturated carbocycles. The number of ether oxygens (including phenoxy) is 1. The van der Waals surface area contributed by atoms with Crippen LogP contribution in [0.3, 0.4) is 0 Å². The molecule has 0 aliphatic carbocycles. The van der Waals surface area contributed by atoms with Gasteiger partial charge in [0.15, 0.2) is 0 Å². The average Bonchev–Trinajstić information content (AvgIpc) is 1.99. The molecular formula is C10H19NO5. The number of esters is 1. The molecule has 16 heavy (non-hydrogen) atoms. The highest BCUT2D eigenvalue weighted by Gasteiger charge is 2.54. The summed E-state index contributed by atoms with van der Waals surface area (Å²) in [5, 5.41) is 18.3. The molecule has 0 saturated heterocycles. The summed E-state index contributed by atoms with van der Waals surface area (Å²) in [6, 6.07) is 0. The molecular weight excluding hydrogens is 214 g/mol. The lowest BCUT2D eigenvalue weighted by Crippen LogP contribution is -2.62. The molecule has 0 radical (unpaired) electrons. The van der Waals surface area contributed by atoms with Crippen molar-refractivity contribution in [2.45, 2.75) is 45.9 Å². The molecule has 0 aromatic rings. The Morgan fingerprint density at radius 1 is 1.12 bits per heavy atom. The van der Waals surface area contributed by atoms with Crippen LogP contribution >= 0.6 is 0 Å². The Balaban J connectivity index is 5.07. The van der Waals surface area contributed by atoms with Crippen molar-refractivity contribution in [2.75, 3.05) is 0 Å². The summed E-state index contributed by atoms with van der Waals surface area (Å²) in [7, 11) is 0. The second-order valence-corrected chi connectivity index (χ2v) is 5.20. The third kappa shape index (κ3) is 2.93. The van der Waals surface area contributed by atoms with Gasteiger partial charge in [0.25, 0.3) is 0 Å². The van der Waals surface area contributed by atoms with Crippen LogP contribution < -0.4 is 5.73 Å². The van der Waals surface area contributed by atoms with Crippen LogP contribution in [-0.4, -0.2) is 33.5 Å². The fraction of sp³-hybridized carbons (Fsp3) is 0.800. The summed E-state index contributed by atoms with van der Waals surface area (Å²) in [6.45, 7) is 7.34. The molecule has 0 aromatic carbocycles. The smallest absolute Gasteiger partial charge is 0.352 e. The maximum absolute atomic E-state index is 11.7. The van der Waals surface area contributed by atoms with Crippen LogP contribution in [0.5, 0.6) is 0 Å². The van der Waals surface area contributed by atoms with E-state index in [0.29, 0.717) is 0 Å². The Kier molecular flexibility index (Phi) is 3.74. The first-order valence-corrected chi connectivity index (χ1v) is 4.80. The van der Waals surface area contributed by atoms with Gasteiger partial charge in [-0.2, -0.15) is 0 Å². The van der Waals surface area contributed by atoms with Gasteiger partial charge >= 0.3 is 11.9 Å². The van der Waals surface area contributed by atoms with Crippen molar-refractivity contribution in [3.8, 4) is 0 Å². The van der Waals surface area contributed by atoms with Crippen molar-refractivity contribution >= 4 is 11.9 Å². The van der Waals surface area contributed by atoms with Crippen LogP contribution in [-0.2, 0) is 14.3 Å². The number of hydrogen-bond donors (Lipinski definition) is 3. The SMILES string of the molecule is CC(C)(C)OC(=O)C(C)(C)C(N)(O)C(=O)O. The van der Waals surface area contributed by atoms with Gasteiger partial charge in [-0.25, -0.2) is 4.79 Å². The van der Waals surface area contributed by atoms with Crippen molar-refractivity contribution in [3.63, 3.8) is 0 Å². The number of aliphatic hydroxyl groups is 1. The summed E-state index contributed by atoms with van der Waals surface area (Å²) < 4.78 is 5.00. The van der Waals surface area contributed by atoms with E-state index in [1.807, 2.05) is 0 Å². The molecule has 0 heterocycles. The predicted octanol–water partition coefficient (Wildman–Crippen LogP) is 0.0862. The van der Waals surface area contributed by atoms with E-state index in [1.165, 1.54) is 13.8 Å². The molecule has 1 unspecified atom stereocenters. The largest absolute Gasteiger partial charge is 0.478 e. The van der Waals surface area contributed by atoms with Gasteiger partial charge in [-0.1, -0.05) is 0 Å². The van der Waals surface area contributed by atoms with Crippen molar-refractivity contribution in [1.82, 2.24) is 0 Å². The lowest BCUT2D eigenvalue weighted by molar-refractivity contribution is -0.194. The Morgan fingerprint density at radius 3 is 1.75 bits per heavy atom. The molecule has 0 aromatic heterocycles. The zero-order chi connectivity index (χ0) is 13.4. The number of carbonyl (C=O) groups is 2. The first-order chi connectivity index (χ1) is 6.82. The van der Waals surface area contributed by atoms with Gasteiger partial charge in [-0.15, -0.1) is 0 Å². The summed E-state index contributed by atoms with van der Waals surface area (Å²) >= 11 is 0. The van der Waals surface area contributed by atoms with Gasteiger partial charge < -0.3 is 14.9 Å². The summed E-state index contributed by atoms with van der Waals surface area (Å²) in [5.74, 6) is -2.55. The van der Waals surface area contributed by atoms with Gasteiger partial charge in [0, 0.05) is 0 Å². The average molecular weight is 233 g/mol. The second-order valence-electron chi connectivity index (χ2n) is 5.20. The first kappa shape index (κ1) is 14.9. The van der Waals surface area contributed by atoms with Gasteiger partial charge in [-0.3, -0.25) is 10.5 Å². The van der Waals surface area contributed by atoms with Crippen LogP contribution in [0.4, 0.5) is 0 Å². The first-order valence-electron chi connectivity index (χ1n) is 4.80. The fourth-order valence-electron chi connectivity index (χ4n) is 0.829. The number of hydrogen-bond acceptors (Lipinski definition) is 5. The van der Waals surface area contributed by atoms with Crippen LogP contribution in [0, 0.1) is 5.41 Å². The molecule has 1 atom stereocenters. The summed E-state index contributed by atoms with van der Waals surface area (Å²) in [5.41, 5.74) is 0.0222. The van der Waals surface area contributed by atoms with E-state index in [0.717, 1.165) is 0 Å². The maximum Gasteiger partial charge on any atom is 0.352 e. The minimum Gasteiger partial charge on any atom is -0.478 e. The molecule has 0 spiro atoms. The molecule has 94 valence electrons. The Labute approximate surface area is 94.4 Å². The Hall–Kier alpha value is -1.14. The van der Waals surface area contributed by atoms with E-state index in [2.05, 4.69) is 0 Å². The van der Waals surface area contributed by atoms with Gasteiger partial charge in [-0.05, 0) is 34.6 Å². The van der Waals surface area contributed by atoms with E-state index in [-0.39, 0.29) is 0 Å². The van der Waals surface area contributed by atoms with Crippen LogP contribution in [0.2, 0.25) is 0 Å². The van der Waals surface area contributed by atoms with Crippen LogP contribution in [0.15, 0.2) is 0 Å². The summed E-state index contributed by atoms with van der Waals surface area (Å²) in [4.78, 5) is 22.5. The van der Waals surface area contributed by atoms with Gasteiger partial charge in [0.2, 0.25) is 5.72 Å². The number of nitrogens with two attached hydrogens (primary N) is 1. The van der Waals surface area contributed by atoms with E-state index in [9.17, 15) is 14.7 Å². The topological polar surface area (TPSA) is 110 Å². The maximum atomic E-state index is 11.7. The highest BCUT2D eigenvalue weighted by atomic mass is 16.6. The van der Waals surface area contributed by atoms with Gasteiger partial charge in [0.05, 0.1) is 0 Å². The van der Waals surface area contributed by atoms with E-state index in [1.54, 1.807) is 20.8 Å². The van der Waals surface area contributed by atoms with E-state index in [4.69, 9.17) is 15.6 Å². The number of carbonyl (C=O) groups excluding carboxylic acids is 1. The molecule has 0 bridgehead atoms. The van der Waals surface area contributed by atoms with Crippen molar-refractivity contribution in [2.24, 2.45) is 11.1 Å². The molecule has 4 N–H and O–H groups in total. The quantitative estimate of drug-likeness (QED) is 0.470. The van der Waals surface area contributed by atoms with E-state index >= 15 is 0 Å². The molecule has 0 amide bonds.